The van der Waals surface area contributed by atoms with Crippen LogP contribution in [0.25, 0.3) is 0 Å². The third kappa shape index (κ3) is 5.31. The summed E-state index contributed by atoms with van der Waals surface area (Å²) in [6.07, 6.45) is 3.79. The molecular formula is C16H25N5. The minimum atomic E-state index is 0.360. The number of aromatic nitrogens is 2. The van der Waals surface area contributed by atoms with Crippen molar-refractivity contribution in [3.05, 3.63) is 17.8 Å². The summed E-state index contributed by atoms with van der Waals surface area (Å²) in [6, 6.07) is 5.50. The van der Waals surface area contributed by atoms with Crippen LogP contribution >= 0.6 is 0 Å². The molecule has 2 rings (SSSR count). The summed E-state index contributed by atoms with van der Waals surface area (Å²) in [5.74, 6) is 2.26. The second-order valence-corrected chi connectivity index (χ2v) is 6.26. The summed E-state index contributed by atoms with van der Waals surface area (Å²) in [5, 5.41) is 19.9. The first-order chi connectivity index (χ1) is 10.2. The van der Waals surface area contributed by atoms with Crippen LogP contribution in [0.5, 0.6) is 0 Å². The fraction of sp³-hybridized carbons (Fsp3) is 0.688. The molecule has 1 aromatic rings. The topological polar surface area (TPSA) is 64.8 Å². The van der Waals surface area contributed by atoms with E-state index in [1.165, 1.54) is 38.9 Å². The molecule has 1 aliphatic rings. The average molecular weight is 287 g/mol. The molecular weight excluding hydrogens is 262 g/mol. The second-order valence-electron chi connectivity index (χ2n) is 6.26. The summed E-state index contributed by atoms with van der Waals surface area (Å²) in [7, 11) is 0. The summed E-state index contributed by atoms with van der Waals surface area (Å²) < 4.78 is 0. The molecule has 1 aliphatic heterocycles. The van der Waals surface area contributed by atoms with Crippen LogP contribution in [0.1, 0.15) is 38.8 Å². The van der Waals surface area contributed by atoms with Crippen molar-refractivity contribution in [2.45, 2.75) is 33.1 Å². The molecule has 0 amide bonds. The van der Waals surface area contributed by atoms with Gasteiger partial charge in [-0.1, -0.05) is 13.8 Å². The van der Waals surface area contributed by atoms with Crippen molar-refractivity contribution in [2.75, 3.05) is 31.5 Å². The Morgan fingerprint density at radius 2 is 2.10 bits per heavy atom. The molecule has 0 aliphatic carbocycles. The maximum atomic E-state index is 8.69. The van der Waals surface area contributed by atoms with Gasteiger partial charge in [0, 0.05) is 6.54 Å². The third-order valence-electron chi connectivity index (χ3n) is 4.08. The smallest absolute Gasteiger partial charge is 0.163 e. The minimum absolute atomic E-state index is 0.360. The first-order valence-corrected chi connectivity index (χ1v) is 7.87. The molecule has 21 heavy (non-hydrogen) atoms. The van der Waals surface area contributed by atoms with E-state index in [4.69, 9.17) is 5.26 Å². The lowest BCUT2D eigenvalue weighted by Crippen LogP contribution is -2.36. The van der Waals surface area contributed by atoms with Gasteiger partial charge >= 0.3 is 0 Å². The zero-order chi connectivity index (χ0) is 15.1. The minimum Gasteiger partial charge on any atom is -0.368 e. The average Bonchev–Trinajstić information content (AvgIpc) is 2.52. The summed E-state index contributed by atoms with van der Waals surface area (Å²) >= 11 is 0. The van der Waals surface area contributed by atoms with E-state index in [0.29, 0.717) is 11.6 Å². The van der Waals surface area contributed by atoms with E-state index in [9.17, 15) is 0 Å². The summed E-state index contributed by atoms with van der Waals surface area (Å²) in [4.78, 5) is 2.58. The van der Waals surface area contributed by atoms with Crippen molar-refractivity contribution in [3.63, 3.8) is 0 Å². The third-order valence-corrected chi connectivity index (χ3v) is 4.08. The fourth-order valence-electron chi connectivity index (χ4n) is 2.59. The first-order valence-electron chi connectivity index (χ1n) is 7.87. The Labute approximate surface area is 127 Å². The van der Waals surface area contributed by atoms with Crippen LogP contribution in [0.15, 0.2) is 12.1 Å². The van der Waals surface area contributed by atoms with E-state index in [0.717, 1.165) is 18.3 Å². The standard InChI is InChI=1S/C16H25N5/c1-13(2)5-8-21-9-6-14(7-10-21)12-18-16-4-3-15(11-17)19-20-16/h3-4,13-14H,5-10,12H2,1-2H3,(H,18,20). The van der Waals surface area contributed by atoms with Gasteiger partial charge in [0.25, 0.3) is 0 Å². The highest BCUT2D eigenvalue weighted by atomic mass is 15.2. The molecule has 0 spiro atoms. The number of nitrogens with zero attached hydrogens (tertiary/aromatic N) is 4. The molecule has 0 atom stereocenters. The van der Waals surface area contributed by atoms with Crippen LogP contribution in [-0.4, -0.2) is 41.3 Å². The molecule has 0 bridgehead atoms. The van der Waals surface area contributed by atoms with Crippen molar-refractivity contribution in [3.8, 4) is 6.07 Å². The van der Waals surface area contributed by atoms with Crippen molar-refractivity contribution < 1.29 is 0 Å². The zero-order valence-corrected chi connectivity index (χ0v) is 13.0. The molecule has 1 saturated heterocycles. The fourth-order valence-corrected chi connectivity index (χ4v) is 2.59. The van der Waals surface area contributed by atoms with E-state index in [2.05, 4.69) is 34.3 Å². The SMILES string of the molecule is CC(C)CCN1CCC(CNc2ccc(C#N)nn2)CC1. The van der Waals surface area contributed by atoms with Gasteiger partial charge in [-0.15, -0.1) is 10.2 Å². The summed E-state index contributed by atoms with van der Waals surface area (Å²) in [5.41, 5.74) is 0.360. The van der Waals surface area contributed by atoms with E-state index in [-0.39, 0.29) is 0 Å². The molecule has 1 fully saturated rings. The lowest BCUT2D eigenvalue weighted by atomic mass is 9.96. The van der Waals surface area contributed by atoms with Gasteiger partial charge in [0.15, 0.2) is 5.69 Å². The second kappa shape index (κ2) is 7.94. The van der Waals surface area contributed by atoms with Gasteiger partial charge in [-0.25, -0.2) is 0 Å². The molecule has 0 unspecified atom stereocenters. The first kappa shape index (κ1) is 15.7. The van der Waals surface area contributed by atoms with Crippen LogP contribution in [-0.2, 0) is 0 Å². The van der Waals surface area contributed by atoms with Gasteiger partial charge in [0.05, 0.1) is 0 Å². The van der Waals surface area contributed by atoms with E-state index in [1.807, 2.05) is 12.1 Å². The lowest BCUT2D eigenvalue weighted by Gasteiger charge is -2.32. The van der Waals surface area contributed by atoms with Crippen molar-refractivity contribution in [1.82, 2.24) is 15.1 Å². The highest BCUT2D eigenvalue weighted by Gasteiger charge is 2.18. The Hall–Kier alpha value is -1.67. The van der Waals surface area contributed by atoms with Crippen LogP contribution in [0.2, 0.25) is 0 Å². The van der Waals surface area contributed by atoms with Gasteiger partial charge < -0.3 is 10.2 Å². The molecule has 1 N–H and O–H groups in total. The lowest BCUT2D eigenvalue weighted by molar-refractivity contribution is 0.181. The molecule has 2 heterocycles. The number of anilines is 1. The Kier molecular flexibility index (Phi) is 5.94. The molecule has 1 aromatic heterocycles. The number of hydrogen-bond acceptors (Lipinski definition) is 5. The molecule has 5 heteroatoms. The molecule has 0 saturated carbocycles. The molecule has 114 valence electrons. The molecule has 0 radical (unpaired) electrons. The Morgan fingerprint density at radius 1 is 1.33 bits per heavy atom. The van der Waals surface area contributed by atoms with Crippen LogP contribution in [0.4, 0.5) is 5.82 Å². The van der Waals surface area contributed by atoms with Crippen LogP contribution < -0.4 is 5.32 Å². The Balaban J connectivity index is 1.67. The molecule has 0 aromatic carbocycles. The predicted molar refractivity (Wildman–Crippen MR) is 83.9 cm³/mol. The van der Waals surface area contributed by atoms with E-state index < -0.39 is 0 Å². The van der Waals surface area contributed by atoms with Gasteiger partial charge in [-0.2, -0.15) is 5.26 Å². The monoisotopic (exact) mass is 287 g/mol. The Bertz CT molecular complexity index is 455. The van der Waals surface area contributed by atoms with Gasteiger partial charge in [-0.05, 0) is 62.9 Å². The number of rotatable bonds is 6. The van der Waals surface area contributed by atoms with E-state index in [1.54, 1.807) is 6.07 Å². The highest BCUT2D eigenvalue weighted by molar-refractivity contribution is 5.35. The number of nitrogens with one attached hydrogen (secondary N) is 1. The predicted octanol–water partition coefficient (Wildman–Crippen LogP) is 2.52. The maximum absolute atomic E-state index is 8.69. The van der Waals surface area contributed by atoms with Crippen molar-refractivity contribution in [2.24, 2.45) is 11.8 Å². The van der Waals surface area contributed by atoms with Gasteiger partial charge in [0.1, 0.15) is 11.9 Å². The maximum Gasteiger partial charge on any atom is 0.163 e. The normalized spacial score (nSPS) is 16.9. The Morgan fingerprint density at radius 3 is 2.67 bits per heavy atom. The quantitative estimate of drug-likeness (QED) is 0.871. The van der Waals surface area contributed by atoms with Crippen LogP contribution in [0.3, 0.4) is 0 Å². The van der Waals surface area contributed by atoms with Gasteiger partial charge in [0.2, 0.25) is 0 Å². The number of hydrogen-bond donors (Lipinski definition) is 1. The molecule has 5 nitrogen and oxygen atoms in total. The number of piperidine rings is 1. The van der Waals surface area contributed by atoms with Crippen LogP contribution in [0, 0.1) is 23.2 Å². The number of nitriles is 1. The number of likely N-dealkylation sites (tertiary alicyclic amines) is 1. The van der Waals surface area contributed by atoms with Crippen molar-refractivity contribution >= 4 is 5.82 Å². The summed E-state index contributed by atoms with van der Waals surface area (Å²) in [6.45, 7) is 9.17. The van der Waals surface area contributed by atoms with Crippen molar-refractivity contribution in [1.29, 1.82) is 5.26 Å². The highest BCUT2D eigenvalue weighted by Crippen LogP contribution is 2.18. The zero-order valence-electron chi connectivity index (χ0n) is 13.0. The van der Waals surface area contributed by atoms with E-state index >= 15 is 0 Å². The van der Waals surface area contributed by atoms with Gasteiger partial charge in [-0.3, -0.25) is 0 Å². The largest absolute Gasteiger partial charge is 0.368 e.